The van der Waals surface area contributed by atoms with Crippen LogP contribution in [0.25, 0.3) is 0 Å². The number of rotatable bonds is 7. The Labute approximate surface area is 170 Å². The van der Waals surface area contributed by atoms with E-state index in [1.54, 1.807) is 6.92 Å². The number of hydrogen-bond donors (Lipinski definition) is 0. The molecule has 0 heterocycles. The van der Waals surface area contributed by atoms with Gasteiger partial charge in [0.1, 0.15) is 22.0 Å². The summed E-state index contributed by atoms with van der Waals surface area (Å²) in [6, 6.07) is 7.02. The molecule has 0 unspecified atom stereocenters. The second kappa shape index (κ2) is 9.48. The van der Waals surface area contributed by atoms with Gasteiger partial charge in [0.25, 0.3) is 5.69 Å². The van der Waals surface area contributed by atoms with E-state index in [9.17, 15) is 37.1 Å². The highest BCUT2D eigenvalue weighted by molar-refractivity contribution is 7.85. The van der Waals surface area contributed by atoms with Crippen LogP contribution in [0.2, 0.25) is 0 Å². The lowest BCUT2D eigenvalue weighted by Gasteiger charge is -2.10. The van der Waals surface area contributed by atoms with Crippen molar-refractivity contribution in [3.8, 4) is 5.75 Å². The van der Waals surface area contributed by atoms with Crippen molar-refractivity contribution in [3.63, 3.8) is 0 Å². The number of carbonyl (C=O) groups is 2. The van der Waals surface area contributed by atoms with Gasteiger partial charge in [0.2, 0.25) is 0 Å². The van der Waals surface area contributed by atoms with Crippen LogP contribution in [-0.4, -0.2) is 33.4 Å². The van der Waals surface area contributed by atoms with Crippen LogP contribution in [0.15, 0.2) is 47.4 Å². The summed E-state index contributed by atoms with van der Waals surface area (Å²) in [5.74, 6) is -2.94. The van der Waals surface area contributed by atoms with Crippen LogP contribution in [0.1, 0.15) is 22.8 Å². The molecule has 0 aliphatic heterocycles. The van der Waals surface area contributed by atoms with Crippen molar-refractivity contribution in [3.05, 3.63) is 63.7 Å². The van der Waals surface area contributed by atoms with E-state index in [-0.39, 0.29) is 24.0 Å². The number of nitro benzene ring substituents is 1. The molecule has 0 bridgehead atoms. The maximum absolute atomic E-state index is 12.8. The number of hydrogen-bond acceptors (Lipinski definition) is 7. The van der Waals surface area contributed by atoms with Gasteiger partial charge in [-0.1, -0.05) is 12.1 Å². The molecule has 0 amide bonds. The fourth-order valence-corrected chi connectivity index (χ4v) is 3.31. The first-order chi connectivity index (χ1) is 14.0. The molecule has 0 aliphatic carbocycles. The number of halogens is 3. The van der Waals surface area contributed by atoms with E-state index in [2.05, 4.69) is 0 Å². The Morgan fingerprint density at radius 2 is 1.83 bits per heavy atom. The molecule has 8 nitrogen and oxygen atoms in total. The minimum atomic E-state index is -4.83. The summed E-state index contributed by atoms with van der Waals surface area (Å²) in [7, 11) is -2.37. The van der Waals surface area contributed by atoms with Crippen LogP contribution in [0.5, 0.6) is 5.75 Å². The molecule has 160 valence electrons. The number of ether oxygens (including phenoxy) is 2. The molecule has 12 heteroatoms. The molecular weight excluding hydrogens is 431 g/mol. The van der Waals surface area contributed by atoms with Crippen LogP contribution in [0.3, 0.4) is 0 Å². The fraction of sp³-hybridized carbons (Fsp3) is 0.222. The highest BCUT2D eigenvalue weighted by Gasteiger charge is 2.34. The average Bonchev–Trinajstić information content (AvgIpc) is 2.67. The summed E-state index contributed by atoms with van der Waals surface area (Å²) in [5.41, 5.74) is -2.40. The van der Waals surface area contributed by atoms with Crippen molar-refractivity contribution >= 4 is 28.4 Å². The smallest absolute Gasteiger partial charge is 0.416 e. The number of alkyl halides is 3. The predicted octanol–water partition coefficient (Wildman–Crippen LogP) is 3.50. The summed E-state index contributed by atoms with van der Waals surface area (Å²) in [6.07, 6.45) is -4.83. The van der Waals surface area contributed by atoms with Crippen LogP contribution < -0.4 is 4.74 Å². The Morgan fingerprint density at radius 1 is 1.17 bits per heavy atom. The molecule has 0 aromatic heterocycles. The number of carbonyl (C=O) groups excluding carboxylic acids is 2. The quantitative estimate of drug-likeness (QED) is 0.277. The van der Waals surface area contributed by atoms with Gasteiger partial charge in [-0.15, -0.1) is 0 Å². The molecule has 0 saturated carbocycles. The summed E-state index contributed by atoms with van der Waals surface area (Å²) in [4.78, 5) is 33.4. The minimum absolute atomic E-state index is 0.0704. The van der Waals surface area contributed by atoms with Crippen LogP contribution >= 0.6 is 0 Å². The third-order valence-corrected chi connectivity index (χ3v) is 4.92. The molecule has 30 heavy (non-hydrogen) atoms. The average molecular weight is 445 g/mol. The lowest BCUT2D eigenvalue weighted by molar-refractivity contribution is -0.388. The van der Waals surface area contributed by atoms with Gasteiger partial charge in [-0.2, -0.15) is 13.2 Å². The van der Waals surface area contributed by atoms with E-state index < -0.39 is 55.7 Å². The van der Waals surface area contributed by atoms with Crippen LogP contribution in [-0.2, 0) is 26.5 Å². The Balaban J connectivity index is 2.22. The van der Waals surface area contributed by atoms with Gasteiger partial charge in [0.15, 0.2) is 0 Å². The topological polar surface area (TPSA) is 113 Å². The first-order valence-electron chi connectivity index (χ1n) is 8.25. The molecule has 2 aromatic rings. The van der Waals surface area contributed by atoms with Crippen molar-refractivity contribution in [2.75, 3.05) is 12.4 Å². The molecule has 0 fully saturated rings. The van der Waals surface area contributed by atoms with E-state index in [0.717, 1.165) is 0 Å². The van der Waals surface area contributed by atoms with Gasteiger partial charge in [-0.05, 0) is 31.2 Å². The highest BCUT2D eigenvalue weighted by Crippen LogP contribution is 2.34. The number of nitro groups is 1. The second-order valence-electron chi connectivity index (χ2n) is 5.62. The maximum Gasteiger partial charge on any atom is 0.416 e. The van der Waals surface area contributed by atoms with Gasteiger partial charge in [-0.3, -0.25) is 19.1 Å². The number of nitrogens with zero attached hydrogens (tertiary/aromatic N) is 1. The Bertz CT molecular complexity index is 1010. The molecule has 0 N–H and O–H groups in total. The summed E-state index contributed by atoms with van der Waals surface area (Å²) in [5, 5.41) is 11.1. The van der Waals surface area contributed by atoms with E-state index >= 15 is 0 Å². The van der Waals surface area contributed by atoms with E-state index in [4.69, 9.17) is 9.47 Å². The number of esters is 2. The molecule has 0 aliphatic rings. The van der Waals surface area contributed by atoms with Gasteiger partial charge in [0.05, 0.1) is 27.9 Å². The number of benzene rings is 2. The highest BCUT2D eigenvalue weighted by atomic mass is 32.2. The Hall–Kier alpha value is -3.28. The van der Waals surface area contributed by atoms with Crippen LogP contribution in [0.4, 0.5) is 18.9 Å². The second-order valence-corrected chi connectivity index (χ2v) is 7.04. The largest absolute Gasteiger partial charge is 0.462 e. The zero-order chi connectivity index (χ0) is 22.5. The van der Waals surface area contributed by atoms with Crippen molar-refractivity contribution < 1.29 is 41.4 Å². The van der Waals surface area contributed by atoms with Crippen molar-refractivity contribution in [1.29, 1.82) is 0 Å². The standard InChI is InChI=1S/C18H14F3NO7S/c1-2-28-17(24)12-5-3-4-6-14(12)29-16(23)10-30(27)15-8-7-11(18(19,20)21)9-13(15)22(25)26/h3-9H,2,10H2,1H3/t30-/m0/s1. The first-order valence-corrected chi connectivity index (χ1v) is 9.57. The van der Waals surface area contributed by atoms with Crippen molar-refractivity contribution in [2.24, 2.45) is 0 Å². The van der Waals surface area contributed by atoms with Crippen molar-refractivity contribution in [2.45, 2.75) is 18.0 Å². The zero-order valence-electron chi connectivity index (χ0n) is 15.3. The zero-order valence-corrected chi connectivity index (χ0v) is 16.1. The first kappa shape index (κ1) is 23.0. The lowest BCUT2D eigenvalue weighted by Crippen LogP contribution is -2.19. The third-order valence-electron chi connectivity index (χ3n) is 3.58. The maximum atomic E-state index is 12.8. The summed E-state index contributed by atoms with van der Waals surface area (Å²) in [6.45, 7) is 1.65. The van der Waals surface area contributed by atoms with Gasteiger partial charge in [0, 0.05) is 6.07 Å². The number of para-hydroxylation sites is 1. The molecule has 0 radical (unpaired) electrons. The molecule has 2 rings (SSSR count). The normalized spacial score (nSPS) is 12.1. The van der Waals surface area contributed by atoms with E-state index in [0.29, 0.717) is 12.1 Å². The molecule has 0 spiro atoms. The Kier molecular flexibility index (Phi) is 7.27. The summed E-state index contributed by atoms with van der Waals surface area (Å²) >= 11 is 0. The lowest BCUT2D eigenvalue weighted by atomic mass is 10.2. The molecular formula is C18H14F3NO7S. The fourth-order valence-electron chi connectivity index (χ4n) is 2.30. The van der Waals surface area contributed by atoms with Crippen molar-refractivity contribution in [1.82, 2.24) is 0 Å². The molecule has 0 saturated heterocycles. The van der Waals surface area contributed by atoms with Gasteiger partial charge >= 0.3 is 18.1 Å². The monoisotopic (exact) mass is 445 g/mol. The predicted molar refractivity (Wildman–Crippen MR) is 97.4 cm³/mol. The SMILES string of the molecule is CCOC(=O)c1ccccc1OC(=O)C[S@](=O)c1ccc(C(F)(F)F)cc1[N+](=O)[O-]. The van der Waals surface area contributed by atoms with E-state index in [1.807, 2.05) is 0 Å². The van der Waals surface area contributed by atoms with Gasteiger partial charge < -0.3 is 9.47 Å². The molecule has 2 aromatic carbocycles. The molecule has 1 atom stereocenters. The minimum Gasteiger partial charge on any atom is -0.462 e. The van der Waals surface area contributed by atoms with Crippen LogP contribution in [0, 0.1) is 10.1 Å². The van der Waals surface area contributed by atoms with E-state index in [1.165, 1.54) is 24.3 Å². The third kappa shape index (κ3) is 5.63. The van der Waals surface area contributed by atoms with Gasteiger partial charge in [-0.25, -0.2) is 4.79 Å². The Morgan fingerprint density at radius 3 is 2.43 bits per heavy atom. The summed E-state index contributed by atoms with van der Waals surface area (Å²) < 4.78 is 60.5.